The molecule has 29 heavy (non-hydrogen) atoms. The van der Waals surface area contributed by atoms with Crippen LogP contribution >= 0.6 is 0 Å². The first-order valence-electron chi connectivity index (χ1n) is 8.55. The van der Waals surface area contributed by atoms with E-state index >= 15 is 0 Å². The molecule has 0 spiro atoms. The van der Waals surface area contributed by atoms with E-state index in [0.717, 1.165) is 29.3 Å². The van der Waals surface area contributed by atoms with Crippen LogP contribution in [0.2, 0.25) is 0 Å². The number of carbonyl (C=O) groups is 3. The van der Waals surface area contributed by atoms with Crippen molar-refractivity contribution < 1.29 is 32.3 Å². The average Bonchev–Trinajstić information content (AvgIpc) is 2.67. The van der Waals surface area contributed by atoms with Crippen molar-refractivity contribution in [1.29, 1.82) is 0 Å². The van der Waals surface area contributed by atoms with Crippen molar-refractivity contribution in [2.24, 2.45) is 0 Å². The summed E-state index contributed by atoms with van der Waals surface area (Å²) in [4.78, 5) is 35.5. The van der Waals surface area contributed by atoms with Gasteiger partial charge in [0.1, 0.15) is 0 Å². The van der Waals surface area contributed by atoms with Crippen LogP contribution in [0.15, 0.2) is 42.5 Å². The van der Waals surface area contributed by atoms with Gasteiger partial charge in [-0.3, -0.25) is 9.59 Å². The number of halogens is 3. The first-order valence-corrected chi connectivity index (χ1v) is 8.55. The highest BCUT2D eigenvalue weighted by molar-refractivity contribution is 5.96. The Morgan fingerprint density at radius 2 is 1.69 bits per heavy atom. The summed E-state index contributed by atoms with van der Waals surface area (Å²) in [7, 11) is 0. The van der Waals surface area contributed by atoms with Crippen molar-refractivity contribution >= 4 is 23.5 Å². The number of carbonyl (C=O) groups excluding carboxylic acids is 3. The average molecular weight is 408 g/mol. The molecule has 0 bridgehead atoms. The van der Waals surface area contributed by atoms with Crippen LogP contribution in [-0.2, 0) is 20.5 Å². The molecular formula is C20H19F3N2O4. The molecule has 6 nitrogen and oxygen atoms in total. The normalized spacial score (nSPS) is 10.9. The number of nitrogens with one attached hydrogen (secondary N) is 2. The van der Waals surface area contributed by atoms with Crippen LogP contribution in [-0.4, -0.2) is 30.9 Å². The van der Waals surface area contributed by atoms with Crippen molar-refractivity contribution in [3.63, 3.8) is 0 Å². The molecule has 0 aliphatic heterocycles. The summed E-state index contributed by atoms with van der Waals surface area (Å²) < 4.78 is 42.7. The minimum absolute atomic E-state index is 0.333. The fraction of sp³-hybridized carbons (Fsp3) is 0.250. The van der Waals surface area contributed by atoms with Crippen LogP contribution < -0.4 is 10.6 Å². The van der Waals surface area contributed by atoms with Gasteiger partial charge in [-0.25, -0.2) is 4.79 Å². The third-order valence-electron chi connectivity index (χ3n) is 4.08. The van der Waals surface area contributed by atoms with Gasteiger partial charge >= 0.3 is 12.1 Å². The molecule has 0 aliphatic rings. The zero-order valence-electron chi connectivity index (χ0n) is 15.7. The number of benzene rings is 2. The Morgan fingerprint density at radius 1 is 1.00 bits per heavy atom. The van der Waals surface area contributed by atoms with E-state index in [1.54, 1.807) is 12.1 Å². The molecule has 0 radical (unpaired) electrons. The smallest absolute Gasteiger partial charge is 0.416 e. The summed E-state index contributed by atoms with van der Waals surface area (Å²) in [5.74, 6) is -2.32. The molecule has 2 N–H and O–H groups in total. The van der Waals surface area contributed by atoms with Crippen LogP contribution in [0.5, 0.6) is 0 Å². The van der Waals surface area contributed by atoms with E-state index in [4.69, 9.17) is 4.74 Å². The Labute approximate surface area is 165 Å². The van der Waals surface area contributed by atoms with Crippen LogP contribution in [0.3, 0.4) is 0 Å². The number of rotatable bonds is 6. The lowest BCUT2D eigenvalue weighted by Gasteiger charge is -2.11. The van der Waals surface area contributed by atoms with Gasteiger partial charge < -0.3 is 15.4 Å². The maximum Gasteiger partial charge on any atom is 0.416 e. The highest BCUT2D eigenvalue weighted by atomic mass is 19.4. The number of hydrogen-bond donors (Lipinski definition) is 2. The largest absolute Gasteiger partial charge is 0.452 e. The first kappa shape index (κ1) is 21.9. The fourth-order valence-electron chi connectivity index (χ4n) is 2.35. The molecule has 0 unspecified atom stereocenters. The van der Waals surface area contributed by atoms with Gasteiger partial charge in [-0.15, -0.1) is 0 Å². The second-order valence-electron chi connectivity index (χ2n) is 6.23. The lowest BCUT2D eigenvalue weighted by Crippen LogP contribution is -2.35. The van der Waals surface area contributed by atoms with Gasteiger partial charge in [-0.2, -0.15) is 13.2 Å². The molecule has 9 heteroatoms. The van der Waals surface area contributed by atoms with E-state index < -0.39 is 36.1 Å². The topological polar surface area (TPSA) is 84.5 Å². The van der Waals surface area contributed by atoms with Crippen LogP contribution in [0.25, 0.3) is 0 Å². The molecule has 0 heterocycles. The Balaban J connectivity index is 1.82. The second kappa shape index (κ2) is 9.22. The Morgan fingerprint density at radius 3 is 2.38 bits per heavy atom. The molecule has 0 atom stereocenters. The van der Waals surface area contributed by atoms with Crippen LogP contribution in [0, 0.1) is 13.8 Å². The van der Waals surface area contributed by atoms with Crippen molar-refractivity contribution in [1.82, 2.24) is 5.32 Å². The van der Waals surface area contributed by atoms with Gasteiger partial charge in [-0.05, 0) is 49.2 Å². The maximum absolute atomic E-state index is 12.7. The highest BCUT2D eigenvalue weighted by Gasteiger charge is 2.31. The molecule has 2 aromatic rings. The van der Waals surface area contributed by atoms with Crippen LogP contribution in [0.4, 0.5) is 18.9 Å². The SMILES string of the molecule is Cc1cccc(NC(=O)CNC(=O)COC(=O)c2cccc(C(F)(F)F)c2)c1C. The van der Waals surface area contributed by atoms with E-state index in [0.29, 0.717) is 11.8 Å². The summed E-state index contributed by atoms with van der Waals surface area (Å²) in [6.07, 6.45) is -4.60. The molecule has 0 saturated heterocycles. The number of amides is 2. The standard InChI is InChI=1S/C20H19F3N2O4/c1-12-5-3-8-16(13(12)2)25-17(26)10-24-18(27)11-29-19(28)14-6-4-7-15(9-14)20(21,22)23/h3-9H,10-11H2,1-2H3,(H,24,27)(H,25,26). The molecule has 0 aromatic heterocycles. The van der Waals surface area contributed by atoms with E-state index in [1.165, 1.54) is 0 Å². The monoisotopic (exact) mass is 408 g/mol. The summed E-state index contributed by atoms with van der Waals surface area (Å²) in [5, 5.41) is 4.92. The Bertz CT molecular complexity index is 926. The Hall–Kier alpha value is -3.36. The molecule has 154 valence electrons. The lowest BCUT2D eigenvalue weighted by atomic mass is 10.1. The second-order valence-corrected chi connectivity index (χ2v) is 6.23. The number of hydrogen-bond acceptors (Lipinski definition) is 4. The van der Waals surface area contributed by atoms with E-state index in [9.17, 15) is 27.6 Å². The molecule has 2 aromatic carbocycles. The van der Waals surface area contributed by atoms with Crippen LogP contribution in [0.1, 0.15) is 27.0 Å². The van der Waals surface area contributed by atoms with E-state index in [2.05, 4.69) is 10.6 Å². The van der Waals surface area contributed by atoms with E-state index in [-0.39, 0.29) is 12.1 Å². The van der Waals surface area contributed by atoms with Gasteiger partial charge in [0.2, 0.25) is 5.91 Å². The lowest BCUT2D eigenvalue weighted by molar-refractivity contribution is -0.137. The molecular weight excluding hydrogens is 389 g/mol. The molecule has 0 aliphatic carbocycles. The summed E-state index contributed by atoms with van der Waals surface area (Å²) >= 11 is 0. The third kappa shape index (κ3) is 6.34. The van der Waals surface area contributed by atoms with Gasteiger partial charge in [0.05, 0.1) is 17.7 Å². The maximum atomic E-state index is 12.7. The quantitative estimate of drug-likeness (QED) is 0.719. The minimum Gasteiger partial charge on any atom is -0.452 e. The molecule has 2 amide bonds. The van der Waals surface area contributed by atoms with Gasteiger partial charge in [0.15, 0.2) is 6.61 Å². The fourth-order valence-corrected chi connectivity index (χ4v) is 2.35. The van der Waals surface area contributed by atoms with Gasteiger partial charge in [0, 0.05) is 5.69 Å². The zero-order valence-corrected chi connectivity index (χ0v) is 15.7. The minimum atomic E-state index is -4.60. The zero-order chi connectivity index (χ0) is 21.6. The summed E-state index contributed by atoms with van der Waals surface area (Å²) in [5.41, 5.74) is 1.16. The van der Waals surface area contributed by atoms with Crippen molar-refractivity contribution in [3.8, 4) is 0 Å². The Kier molecular flexibility index (Phi) is 6.98. The number of alkyl halides is 3. The number of aryl methyl sites for hydroxylation is 1. The number of anilines is 1. The predicted molar refractivity (Wildman–Crippen MR) is 99.3 cm³/mol. The first-order chi connectivity index (χ1) is 13.6. The predicted octanol–water partition coefficient (Wildman–Crippen LogP) is 3.23. The number of ether oxygens (including phenoxy) is 1. The molecule has 2 rings (SSSR count). The highest BCUT2D eigenvalue weighted by Crippen LogP contribution is 2.29. The van der Waals surface area contributed by atoms with Crippen molar-refractivity contribution in [2.75, 3.05) is 18.5 Å². The van der Waals surface area contributed by atoms with Crippen molar-refractivity contribution in [3.05, 3.63) is 64.7 Å². The van der Waals surface area contributed by atoms with Gasteiger partial charge in [-0.1, -0.05) is 18.2 Å². The molecule has 0 fully saturated rings. The van der Waals surface area contributed by atoms with Crippen molar-refractivity contribution in [2.45, 2.75) is 20.0 Å². The summed E-state index contributed by atoms with van der Waals surface area (Å²) in [6.45, 7) is 2.65. The third-order valence-corrected chi connectivity index (χ3v) is 4.08. The molecule has 0 saturated carbocycles. The number of esters is 1. The van der Waals surface area contributed by atoms with E-state index in [1.807, 2.05) is 19.9 Å². The van der Waals surface area contributed by atoms with Gasteiger partial charge in [0.25, 0.3) is 5.91 Å². The summed E-state index contributed by atoms with van der Waals surface area (Å²) in [6, 6.07) is 9.06.